The molecule has 0 aliphatic rings. The highest BCUT2D eigenvalue weighted by atomic mass is 31.2. The second-order valence-corrected chi connectivity index (χ2v) is 11.1. The molecule has 7 heteroatoms. The molecule has 0 saturated heterocycles. The van der Waals surface area contributed by atoms with Crippen LogP contribution in [-0.4, -0.2) is 24.7 Å². The van der Waals surface area contributed by atoms with Gasteiger partial charge in [0, 0.05) is 6.07 Å². The Balaban J connectivity index is 1.95. The molecule has 1 atom stereocenters. The summed E-state index contributed by atoms with van der Waals surface area (Å²) in [5.74, 6) is 0.600. The van der Waals surface area contributed by atoms with E-state index in [0.717, 1.165) is 24.8 Å². The summed E-state index contributed by atoms with van der Waals surface area (Å²) in [4.78, 5) is 9.90. The van der Waals surface area contributed by atoms with Crippen LogP contribution in [0.2, 0.25) is 0 Å². The first kappa shape index (κ1) is 32.8. The largest absolute Gasteiger partial charge is 0.494 e. The van der Waals surface area contributed by atoms with E-state index in [4.69, 9.17) is 13.8 Å². The molecule has 6 nitrogen and oxygen atoms in total. The Morgan fingerprint density at radius 2 is 1.33 bits per heavy atom. The Kier molecular flexibility index (Phi) is 19.9. The van der Waals surface area contributed by atoms with Crippen LogP contribution in [0.1, 0.15) is 122 Å². The first-order chi connectivity index (χ1) is 17.5. The van der Waals surface area contributed by atoms with E-state index < -0.39 is 7.82 Å². The average molecular weight is 527 g/mol. The van der Waals surface area contributed by atoms with Gasteiger partial charge in [0.15, 0.2) is 18.9 Å². The van der Waals surface area contributed by atoms with Crippen LogP contribution >= 0.6 is 7.82 Å². The Labute approximate surface area is 221 Å². The lowest BCUT2D eigenvalue weighted by molar-refractivity contribution is -0.697. The van der Waals surface area contributed by atoms with Gasteiger partial charge in [-0.25, -0.2) is 9.13 Å². The summed E-state index contributed by atoms with van der Waals surface area (Å²) in [6.45, 7) is 9.41. The molecule has 36 heavy (non-hydrogen) atoms. The van der Waals surface area contributed by atoms with Gasteiger partial charge in [-0.05, 0) is 19.4 Å². The second kappa shape index (κ2) is 21.8. The van der Waals surface area contributed by atoms with Crippen molar-refractivity contribution in [2.45, 2.75) is 123 Å². The zero-order valence-corrected chi connectivity index (χ0v) is 24.0. The summed E-state index contributed by atoms with van der Waals surface area (Å²) < 4.78 is 29.6. The van der Waals surface area contributed by atoms with Crippen molar-refractivity contribution >= 4 is 13.6 Å². The molecule has 0 aromatic carbocycles. The van der Waals surface area contributed by atoms with Gasteiger partial charge in [-0.15, -0.1) is 0 Å². The van der Waals surface area contributed by atoms with Crippen LogP contribution in [0.5, 0.6) is 0 Å². The van der Waals surface area contributed by atoms with Crippen molar-refractivity contribution in [3.05, 3.63) is 36.7 Å². The number of rotatable bonds is 25. The lowest BCUT2D eigenvalue weighted by atomic mass is 10.0. The highest BCUT2D eigenvalue weighted by Crippen LogP contribution is 2.43. The van der Waals surface area contributed by atoms with E-state index >= 15 is 0 Å². The molecule has 1 aromatic rings. The zero-order chi connectivity index (χ0) is 26.3. The molecule has 0 aliphatic carbocycles. The standard InChI is InChI=1S/C29H52NO5P/c1-4-6-7-8-9-10-11-12-13-14-15-16-17-18-19-20-25-34-36(31,32)35-26-24-30-23-21-22-29(27-30)28(3)33-5-2/h21-23,27H,3-20,24-26H2,1-2H3/p+1. The highest BCUT2D eigenvalue weighted by Gasteiger charge is 2.21. The van der Waals surface area contributed by atoms with Crippen LogP contribution in [0.15, 0.2) is 31.1 Å². The number of hydrogen-bond acceptors (Lipinski definition) is 4. The van der Waals surface area contributed by atoms with Gasteiger partial charge in [0.25, 0.3) is 0 Å². The van der Waals surface area contributed by atoms with Gasteiger partial charge in [0.1, 0.15) is 12.4 Å². The fraction of sp³-hybridized carbons (Fsp3) is 0.759. The first-order valence-corrected chi connectivity index (χ1v) is 15.9. The molecule has 1 aromatic heterocycles. The quantitative estimate of drug-likeness (QED) is 0.0600. The molecule has 1 unspecified atom stereocenters. The molecule has 0 amide bonds. The number of aromatic nitrogens is 1. The average Bonchev–Trinajstić information content (AvgIpc) is 2.86. The minimum Gasteiger partial charge on any atom is -0.494 e. The number of nitrogens with zero attached hydrogens (tertiary/aromatic N) is 1. The molecule has 208 valence electrons. The maximum absolute atomic E-state index is 12.1. The third kappa shape index (κ3) is 18.1. The molecule has 0 saturated carbocycles. The van der Waals surface area contributed by atoms with Gasteiger partial charge < -0.3 is 9.63 Å². The number of unbranched alkanes of at least 4 members (excludes halogenated alkanes) is 15. The van der Waals surface area contributed by atoms with Crippen LogP contribution in [-0.2, 0) is 24.9 Å². The Bertz CT molecular complexity index is 727. The van der Waals surface area contributed by atoms with Crippen LogP contribution in [0, 0.1) is 0 Å². The van der Waals surface area contributed by atoms with E-state index in [1.54, 1.807) is 0 Å². The SMILES string of the molecule is C=C(OCC)c1ccc[n+](CCOP(=O)(O)OCCCCCCCCCCCCCCCCCC)c1. The number of ether oxygens (including phenoxy) is 1. The number of pyridine rings is 1. The number of hydrogen-bond donors (Lipinski definition) is 1. The van der Waals surface area contributed by atoms with Crippen LogP contribution in [0.3, 0.4) is 0 Å². The summed E-state index contributed by atoms with van der Waals surface area (Å²) in [6.07, 6.45) is 24.5. The van der Waals surface area contributed by atoms with Crippen LogP contribution in [0.4, 0.5) is 0 Å². The Morgan fingerprint density at radius 3 is 1.86 bits per heavy atom. The minimum atomic E-state index is -4.02. The predicted octanol–water partition coefficient (Wildman–Crippen LogP) is 8.38. The van der Waals surface area contributed by atoms with Gasteiger partial charge in [-0.1, -0.05) is 110 Å². The van der Waals surface area contributed by atoms with Crippen LogP contribution in [0.25, 0.3) is 5.76 Å². The normalized spacial score (nSPS) is 13.0. The van der Waals surface area contributed by atoms with Gasteiger partial charge >= 0.3 is 7.82 Å². The topological polar surface area (TPSA) is 68.9 Å². The number of phosphoric acid groups is 1. The molecule has 0 aliphatic heterocycles. The van der Waals surface area contributed by atoms with Crippen LogP contribution < -0.4 is 4.57 Å². The second-order valence-electron chi connectivity index (χ2n) is 9.62. The van der Waals surface area contributed by atoms with E-state index in [1.165, 1.54) is 83.5 Å². The molecule has 0 radical (unpaired) electrons. The predicted molar refractivity (Wildman–Crippen MR) is 149 cm³/mol. The van der Waals surface area contributed by atoms with E-state index in [9.17, 15) is 9.46 Å². The molecule has 0 spiro atoms. The van der Waals surface area contributed by atoms with Crippen molar-refractivity contribution in [3.63, 3.8) is 0 Å². The zero-order valence-electron chi connectivity index (χ0n) is 23.1. The number of phosphoric ester groups is 1. The van der Waals surface area contributed by atoms with Crippen molar-refractivity contribution < 1.29 is 27.8 Å². The van der Waals surface area contributed by atoms with Gasteiger partial charge in [0.2, 0.25) is 0 Å². The maximum Gasteiger partial charge on any atom is 0.472 e. The monoisotopic (exact) mass is 526 g/mol. The summed E-state index contributed by atoms with van der Waals surface area (Å²) in [5, 5.41) is 0. The molecule has 1 rings (SSSR count). The third-order valence-electron chi connectivity index (χ3n) is 6.36. The molecule has 0 bridgehead atoms. The highest BCUT2D eigenvalue weighted by molar-refractivity contribution is 7.47. The molecule has 1 heterocycles. The van der Waals surface area contributed by atoms with E-state index in [1.807, 2.05) is 36.0 Å². The Hall–Kier alpha value is -1.20. The van der Waals surface area contributed by atoms with Crippen molar-refractivity contribution in [3.8, 4) is 0 Å². The van der Waals surface area contributed by atoms with E-state index in [0.29, 0.717) is 18.9 Å². The smallest absolute Gasteiger partial charge is 0.472 e. The van der Waals surface area contributed by atoms with Gasteiger partial charge in [0.05, 0.1) is 18.8 Å². The van der Waals surface area contributed by atoms with Crippen molar-refractivity contribution in [1.29, 1.82) is 0 Å². The lowest BCUT2D eigenvalue weighted by Crippen LogP contribution is -2.35. The molecule has 1 N–H and O–H groups in total. The van der Waals surface area contributed by atoms with Gasteiger partial charge in [-0.2, -0.15) is 0 Å². The summed E-state index contributed by atoms with van der Waals surface area (Å²) in [6, 6.07) is 3.79. The molecular weight excluding hydrogens is 473 g/mol. The fourth-order valence-corrected chi connectivity index (χ4v) is 4.96. The lowest BCUT2D eigenvalue weighted by Gasteiger charge is -2.11. The van der Waals surface area contributed by atoms with Gasteiger partial charge in [-0.3, -0.25) is 9.05 Å². The summed E-state index contributed by atoms with van der Waals surface area (Å²) in [5.41, 5.74) is 0.867. The third-order valence-corrected chi connectivity index (χ3v) is 7.37. The van der Waals surface area contributed by atoms with Crippen molar-refractivity contribution in [2.75, 3.05) is 19.8 Å². The minimum absolute atomic E-state index is 0.0853. The first-order valence-electron chi connectivity index (χ1n) is 14.4. The van der Waals surface area contributed by atoms with Crippen molar-refractivity contribution in [1.82, 2.24) is 0 Å². The summed E-state index contributed by atoms with van der Waals surface area (Å²) >= 11 is 0. The van der Waals surface area contributed by atoms with Crippen molar-refractivity contribution in [2.24, 2.45) is 0 Å². The van der Waals surface area contributed by atoms with E-state index in [-0.39, 0.29) is 13.2 Å². The molecular formula is C29H53NO5P+. The Morgan fingerprint density at radius 1 is 0.833 bits per heavy atom. The fourth-order valence-electron chi connectivity index (χ4n) is 4.21. The molecule has 0 fully saturated rings. The van der Waals surface area contributed by atoms with E-state index in [2.05, 4.69) is 13.5 Å². The summed E-state index contributed by atoms with van der Waals surface area (Å²) in [7, 11) is -4.02. The maximum atomic E-state index is 12.1.